The summed E-state index contributed by atoms with van der Waals surface area (Å²) in [6, 6.07) is 18.5. The highest BCUT2D eigenvalue weighted by molar-refractivity contribution is 5.89. The molecular weight excluding hydrogens is 238 g/mol. The van der Waals surface area contributed by atoms with Gasteiger partial charge in [0.05, 0.1) is 18.1 Å². The van der Waals surface area contributed by atoms with E-state index in [9.17, 15) is 4.79 Å². The van der Waals surface area contributed by atoms with Crippen LogP contribution in [-0.4, -0.2) is 5.97 Å². The van der Waals surface area contributed by atoms with Crippen molar-refractivity contribution in [1.29, 1.82) is 5.26 Å². The molecule has 0 N–H and O–H groups in total. The lowest BCUT2D eigenvalue weighted by atomic mass is 10.1. The average molecular weight is 251 g/mol. The predicted molar refractivity (Wildman–Crippen MR) is 71.3 cm³/mol. The highest BCUT2D eigenvalue weighted by atomic mass is 16.5. The molecule has 0 fully saturated rings. The molecule has 94 valence electrons. The monoisotopic (exact) mass is 251 g/mol. The van der Waals surface area contributed by atoms with Crippen LogP contribution in [0.2, 0.25) is 0 Å². The Labute approximate surface area is 112 Å². The van der Waals surface area contributed by atoms with E-state index >= 15 is 0 Å². The fraction of sp³-hybridized carbons (Fsp3) is 0.125. The van der Waals surface area contributed by atoms with E-state index in [1.807, 2.05) is 30.3 Å². The van der Waals surface area contributed by atoms with E-state index in [1.165, 1.54) is 0 Å². The highest BCUT2D eigenvalue weighted by Crippen LogP contribution is 2.08. The van der Waals surface area contributed by atoms with Crippen LogP contribution in [0.15, 0.2) is 54.6 Å². The van der Waals surface area contributed by atoms with Crippen molar-refractivity contribution in [2.24, 2.45) is 0 Å². The minimum Gasteiger partial charge on any atom is -0.457 e. The van der Waals surface area contributed by atoms with Crippen LogP contribution in [0, 0.1) is 11.3 Å². The molecule has 0 aromatic heterocycles. The molecule has 0 aliphatic rings. The van der Waals surface area contributed by atoms with Crippen molar-refractivity contribution in [2.75, 3.05) is 0 Å². The zero-order chi connectivity index (χ0) is 13.5. The average Bonchev–Trinajstić information content (AvgIpc) is 2.47. The molecular formula is C16H13NO2. The van der Waals surface area contributed by atoms with Crippen LogP contribution in [0.25, 0.3) is 0 Å². The molecule has 0 amide bonds. The lowest BCUT2D eigenvalue weighted by Crippen LogP contribution is -2.05. The van der Waals surface area contributed by atoms with Crippen LogP contribution in [0.5, 0.6) is 0 Å². The van der Waals surface area contributed by atoms with E-state index in [1.54, 1.807) is 24.3 Å². The largest absolute Gasteiger partial charge is 0.457 e. The minimum absolute atomic E-state index is 0.264. The predicted octanol–water partition coefficient (Wildman–Crippen LogP) is 3.11. The molecule has 0 heterocycles. The number of nitrogens with zero attached hydrogens (tertiary/aromatic N) is 1. The van der Waals surface area contributed by atoms with Crippen LogP contribution >= 0.6 is 0 Å². The Hall–Kier alpha value is -2.60. The van der Waals surface area contributed by atoms with Gasteiger partial charge in [0.25, 0.3) is 0 Å². The summed E-state index contributed by atoms with van der Waals surface area (Å²) < 4.78 is 5.21. The second-order valence-electron chi connectivity index (χ2n) is 4.09. The van der Waals surface area contributed by atoms with E-state index in [4.69, 9.17) is 10.00 Å². The zero-order valence-corrected chi connectivity index (χ0v) is 10.4. The second kappa shape index (κ2) is 6.36. The van der Waals surface area contributed by atoms with Crippen molar-refractivity contribution >= 4 is 5.97 Å². The van der Waals surface area contributed by atoms with E-state index in [2.05, 4.69) is 6.07 Å². The van der Waals surface area contributed by atoms with Crippen molar-refractivity contribution in [1.82, 2.24) is 0 Å². The lowest BCUT2D eigenvalue weighted by molar-refractivity contribution is 0.0472. The topological polar surface area (TPSA) is 50.1 Å². The maximum atomic E-state index is 11.8. The van der Waals surface area contributed by atoms with Crippen molar-refractivity contribution in [2.45, 2.75) is 13.0 Å². The molecule has 2 aromatic rings. The normalized spacial score (nSPS) is 9.63. The molecule has 0 aliphatic carbocycles. The Balaban J connectivity index is 1.95. The Bertz CT molecular complexity index is 582. The number of carbonyl (C=O) groups excluding carboxylic acids is 1. The smallest absolute Gasteiger partial charge is 0.338 e. The quantitative estimate of drug-likeness (QED) is 0.784. The maximum absolute atomic E-state index is 11.8. The molecule has 2 aromatic carbocycles. The molecule has 19 heavy (non-hydrogen) atoms. The molecule has 0 spiro atoms. The number of benzene rings is 2. The summed E-state index contributed by atoms with van der Waals surface area (Å²) in [5.74, 6) is -0.354. The van der Waals surface area contributed by atoms with E-state index < -0.39 is 0 Å². The number of rotatable bonds is 4. The number of hydrogen-bond acceptors (Lipinski definition) is 3. The third-order valence-corrected chi connectivity index (χ3v) is 2.69. The second-order valence-corrected chi connectivity index (χ2v) is 4.09. The van der Waals surface area contributed by atoms with Gasteiger partial charge in [-0.3, -0.25) is 0 Å². The number of esters is 1. The first-order valence-electron chi connectivity index (χ1n) is 5.96. The Kier molecular flexibility index (Phi) is 4.30. The van der Waals surface area contributed by atoms with Crippen molar-refractivity contribution < 1.29 is 9.53 Å². The number of hydrogen-bond donors (Lipinski definition) is 0. The highest BCUT2D eigenvalue weighted by Gasteiger charge is 2.06. The van der Waals surface area contributed by atoms with Gasteiger partial charge in [-0.1, -0.05) is 42.5 Å². The summed E-state index contributed by atoms with van der Waals surface area (Å²) in [5, 5.41) is 8.57. The number of ether oxygens (including phenoxy) is 1. The van der Waals surface area contributed by atoms with Gasteiger partial charge < -0.3 is 4.74 Å². The molecule has 0 unspecified atom stereocenters. The van der Waals surface area contributed by atoms with Crippen LogP contribution < -0.4 is 0 Å². The summed E-state index contributed by atoms with van der Waals surface area (Å²) >= 11 is 0. The Morgan fingerprint density at radius 3 is 2.32 bits per heavy atom. The minimum atomic E-state index is -0.354. The lowest BCUT2D eigenvalue weighted by Gasteiger charge is -2.05. The van der Waals surface area contributed by atoms with Crippen LogP contribution in [0.1, 0.15) is 21.5 Å². The maximum Gasteiger partial charge on any atom is 0.338 e. The molecule has 3 heteroatoms. The van der Waals surface area contributed by atoms with Gasteiger partial charge in [-0.2, -0.15) is 5.26 Å². The van der Waals surface area contributed by atoms with Gasteiger partial charge in [-0.15, -0.1) is 0 Å². The summed E-state index contributed by atoms with van der Waals surface area (Å²) in [6.45, 7) is 0.264. The van der Waals surface area contributed by atoms with Crippen LogP contribution in [-0.2, 0) is 17.8 Å². The van der Waals surface area contributed by atoms with Crippen LogP contribution in [0.3, 0.4) is 0 Å². The fourth-order valence-corrected chi connectivity index (χ4v) is 1.66. The molecule has 0 saturated heterocycles. The molecule has 3 nitrogen and oxygen atoms in total. The summed E-state index contributed by atoms with van der Waals surface area (Å²) in [5.41, 5.74) is 2.34. The Morgan fingerprint density at radius 1 is 1.00 bits per heavy atom. The first-order chi connectivity index (χ1) is 9.29. The third-order valence-electron chi connectivity index (χ3n) is 2.69. The summed E-state index contributed by atoms with van der Waals surface area (Å²) in [6.07, 6.45) is 0.347. The van der Waals surface area contributed by atoms with E-state index in [-0.39, 0.29) is 12.6 Å². The molecule has 0 bridgehead atoms. The zero-order valence-electron chi connectivity index (χ0n) is 10.4. The standard InChI is InChI=1S/C16H13NO2/c17-11-10-13-6-8-15(9-7-13)16(18)19-12-14-4-2-1-3-5-14/h1-9H,10,12H2. The van der Waals surface area contributed by atoms with E-state index in [0.29, 0.717) is 12.0 Å². The molecule has 0 saturated carbocycles. The number of nitriles is 1. The summed E-state index contributed by atoms with van der Waals surface area (Å²) in [4.78, 5) is 11.8. The van der Waals surface area contributed by atoms with Gasteiger partial charge in [0.1, 0.15) is 6.61 Å². The van der Waals surface area contributed by atoms with E-state index in [0.717, 1.165) is 11.1 Å². The third kappa shape index (κ3) is 3.68. The van der Waals surface area contributed by atoms with Gasteiger partial charge in [0.15, 0.2) is 0 Å². The van der Waals surface area contributed by atoms with Crippen molar-refractivity contribution in [3.63, 3.8) is 0 Å². The van der Waals surface area contributed by atoms with Gasteiger partial charge in [0, 0.05) is 0 Å². The van der Waals surface area contributed by atoms with Gasteiger partial charge in [-0.05, 0) is 23.3 Å². The summed E-state index contributed by atoms with van der Waals surface area (Å²) in [7, 11) is 0. The molecule has 0 aliphatic heterocycles. The Morgan fingerprint density at radius 2 is 1.68 bits per heavy atom. The van der Waals surface area contributed by atoms with Crippen LogP contribution in [0.4, 0.5) is 0 Å². The van der Waals surface area contributed by atoms with Crippen molar-refractivity contribution in [3.8, 4) is 6.07 Å². The first kappa shape index (κ1) is 12.8. The molecule has 0 atom stereocenters. The van der Waals surface area contributed by atoms with Crippen molar-refractivity contribution in [3.05, 3.63) is 71.3 Å². The van der Waals surface area contributed by atoms with Gasteiger partial charge in [-0.25, -0.2) is 4.79 Å². The first-order valence-corrected chi connectivity index (χ1v) is 5.96. The fourth-order valence-electron chi connectivity index (χ4n) is 1.66. The molecule has 0 radical (unpaired) electrons. The molecule has 2 rings (SSSR count). The van der Waals surface area contributed by atoms with Gasteiger partial charge in [0.2, 0.25) is 0 Å². The number of carbonyl (C=O) groups is 1. The SMILES string of the molecule is N#CCc1ccc(C(=O)OCc2ccccc2)cc1. The van der Waals surface area contributed by atoms with Gasteiger partial charge >= 0.3 is 5.97 Å².